The molecule has 1 aromatic heterocycles. The van der Waals surface area contributed by atoms with Crippen LogP contribution in [0.15, 0.2) is 77.4 Å². The lowest BCUT2D eigenvalue weighted by atomic mass is 9.78. The van der Waals surface area contributed by atoms with Crippen LogP contribution in [0.1, 0.15) is 47.5 Å². The first kappa shape index (κ1) is 28.4. The maximum Gasteiger partial charge on any atom is 0.258 e. The number of hydrogen-bond donors (Lipinski definition) is 2. The zero-order chi connectivity index (χ0) is 25.8. The highest BCUT2D eigenvalue weighted by Crippen LogP contribution is 2.36. The minimum absolute atomic E-state index is 0.124. The van der Waals surface area contributed by atoms with E-state index in [2.05, 4.69) is 43.6 Å². The van der Waals surface area contributed by atoms with Crippen LogP contribution in [0.4, 0.5) is 0 Å². The minimum Gasteiger partial charge on any atom is -0.486 e. The Morgan fingerprint density at radius 1 is 1.37 bits per heavy atom. The van der Waals surface area contributed by atoms with Gasteiger partial charge in [-0.3, -0.25) is 9.36 Å². The van der Waals surface area contributed by atoms with E-state index in [1.54, 1.807) is 16.8 Å². The number of ether oxygens (including phenoxy) is 1. The highest BCUT2D eigenvalue weighted by molar-refractivity contribution is 5.54. The molecule has 1 aliphatic rings. The monoisotopic (exact) mass is 480 g/mol. The van der Waals surface area contributed by atoms with E-state index in [0.29, 0.717) is 18.7 Å². The van der Waals surface area contributed by atoms with Gasteiger partial charge < -0.3 is 20.7 Å². The molecule has 1 aliphatic carbocycles. The smallest absolute Gasteiger partial charge is 0.258 e. The van der Waals surface area contributed by atoms with E-state index in [1.165, 1.54) is 6.07 Å². The molecule has 1 aromatic rings. The number of nitrogens with zero attached hydrogens (tertiary/aromatic N) is 2. The largest absolute Gasteiger partial charge is 0.486 e. The molecule has 0 saturated heterocycles. The number of nitrogens with one attached hydrogen (secondary N) is 1. The second kappa shape index (κ2) is 13.9. The Morgan fingerprint density at radius 3 is 2.74 bits per heavy atom. The summed E-state index contributed by atoms with van der Waals surface area (Å²) in [6.45, 7) is 18.8. The van der Waals surface area contributed by atoms with Crippen molar-refractivity contribution in [2.24, 2.45) is 11.1 Å². The molecule has 0 aliphatic heterocycles. The molecular formula is C29H44N4O2. The van der Waals surface area contributed by atoms with Crippen LogP contribution >= 0.6 is 0 Å². The van der Waals surface area contributed by atoms with Crippen molar-refractivity contribution in [3.8, 4) is 5.75 Å². The fraction of sp³-hybridized carbons (Fsp3) is 0.483. The molecule has 0 saturated carbocycles. The molecule has 0 bridgehead atoms. The summed E-state index contributed by atoms with van der Waals surface area (Å²) in [7, 11) is 0. The van der Waals surface area contributed by atoms with Crippen LogP contribution in [0.3, 0.4) is 0 Å². The lowest BCUT2D eigenvalue weighted by molar-refractivity contribution is 0.260. The van der Waals surface area contributed by atoms with Gasteiger partial charge in [-0.2, -0.15) is 0 Å². The average molecular weight is 481 g/mol. The number of hydrogen-bond acceptors (Lipinski definition) is 5. The van der Waals surface area contributed by atoms with Crippen molar-refractivity contribution in [2.45, 2.75) is 53.6 Å². The van der Waals surface area contributed by atoms with E-state index < -0.39 is 0 Å². The molecular weight excluding hydrogens is 436 g/mol. The van der Waals surface area contributed by atoms with Gasteiger partial charge in [0.05, 0.1) is 0 Å². The van der Waals surface area contributed by atoms with Crippen LogP contribution in [-0.2, 0) is 0 Å². The summed E-state index contributed by atoms with van der Waals surface area (Å²) >= 11 is 0. The van der Waals surface area contributed by atoms with Crippen molar-refractivity contribution >= 4 is 5.70 Å². The normalized spacial score (nSPS) is 19.5. The standard InChI is InChI=1S/C29H44N4O2/c1-7-11-12-24(9-3)23(5)35-26-15-18-33(28(34)20-26)25-13-14-27(29(6,21-25)22-30)31-16-19-32(10-4)17-8-2/h7,9,11-15,18,20,23,31H,3,8,10,16-17,19,21-22,30H2,1-2,4-6H3/b11-7-,24-12+. The Bertz CT molecular complexity index is 1020. The molecule has 3 N–H and O–H groups in total. The van der Waals surface area contributed by atoms with Gasteiger partial charge in [-0.15, -0.1) is 0 Å². The van der Waals surface area contributed by atoms with Crippen molar-refractivity contribution in [1.82, 2.24) is 14.8 Å². The fourth-order valence-corrected chi connectivity index (χ4v) is 4.27. The third-order valence-corrected chi connectivity index (χ3v) is 6.54. The lowest BCUT2D eigenvalue weighted by Gasteiger charge is -2.36. The van der Waals surface area contributed by atoms with Crippen molar-refractivity contribution in [2.75, 3.05) is 32.7 Å². The third-order valence-electron chi connectivity index (χ3n) is 6.54. The third kappa shape index (κ3) is 7.84. The quantitative estimate of drug-likeness (QED) is 0.377. The lowest BCUT2D eigenvalue weighted by Crippen LogP contribution is -2.41. The highest BCUT2D eigenvalue weighted by Gasteiger charge is 2.32. The number of rotatable bonds is 14. The predicted molar refractivity (Wildman–Crippen MR) is 148 cm³/mol. The zero-order valence-corrected chi connectivity index (χ0v) is 22.2. The number of likely N-dealkylation sites (N-methyl/N-ethyl adjacent to an activating group) is 1. The first-order valence-corrected chi connectivity index (χ1v) is 12.7. The van der Waals surface area contributed by atoms with E-state index >= 15 is 0 Å². The topological polar surface area (TPSA) is 72.5 Å². The van der Waals surface area contributed by atoms with Gasteiger partial charge in [-0.05, 0) is 57.1 Å². The predicted octanol–water partition coefficient (Wildman–Crippen LogP) is 4.72. The summed E-state index contributed by atoms with van der Waals surface area (Å²) in [4.78, 5) is 15.4. The van der Waals surface area contributed by atoms with E-state index in [0.717, 1.165) is 49.6 Å². The van der Waals surface area contributed by atoms with Gasteiger partial charge in [0.15, 0.2) is 0 Å². The van der Waals surface area contributed by atoms with Gasteiger partial charge in [0.1, 0.15) is 11.9 Å². The summed E-state index contributed by atoms with van der Waals surface area (Å²) in [5, 5.41) is 3.60. The van der Waals surface area contributed by atoms with Crippen LogP contribution in [0.2, 0.25) is 0 Å². The van der Waals surface area contributed by atoms with Crippen LogP contribution < -0.4 is 21.3 Å². The van der Waals surface area contributed by atoms with Crippen LogP contribution in [0.5, 0.6) is 5.75 Å². The highest BCUT2D eigenvalue weighted by atomic mass is 16.5. The van der Waals surface area contributed by atoms with Gasteiger partial charge in [0.25, 0.3) is 5.56 Å². The van der Waals surface area contributed by atoms with E-state index in [9.17, 15) is 4.79 Å². The van der Waals surface area contributed by atoms with E-state index in [-0.39, 0.29) is 17.1 Å². The maximum atomic E-state index is 13.0. The molecule has 0 amide bonds. The second-order valence-corrected chi connectivity index (χ2v) is 9.27. The molecule has 0 spiro atoms. The van der Waals surface area contributed by atoms with Gasteiger partial charge in [0.2, 0.25) is 0 Å². The zero-order valence-electron chi connectivity index (χ0n) is 22.2. The van der Waals surface area contributed by atoms with Gasteiger partial charge in [-0.25, -0.2) is 0 Å². The molecule has 2 atom stereocenters. The Hall–Kier alpha value is -2.83. The maximum absolute atomic E-state index is 13.0. The van der Waals surface area contributed by atoms with Gasteiger partial charge in [-0.1, -0.05) is 51.7 Å². The van der Waals surface area contributed by atoms with Crippen molar-refractivity contribution in [3.63, 3.8) is 0 Å². The van der Waals surface area contributed by atoms with E-state index in [1.807, 2.05) is 44.2 Å². The molecule has 0 radical (unpaired) electrons. The number of allylic oxidation sites excluding steroid dienone is 6. The van der Waals surface area contributed by atoms with Crippen LogP contribution in [0.25, 0.3) is 5.70 Å². The molecule has 35 heavy (non-hydrogen) atoms. The molecule has 2 rings (SSSR count). The number of pyridine rings is 1. The fourth-order valence-electron chi connectivity index (χ4n) is 4.27. The molecule has 0 fully saturated rings. The minimum atomic E-state index is -0.258. The summed E-state index contributed by atoms with van der Waals surface area (Å²) in [5.41, 5.74) is 8.84. The average Bonchev–Trinajstić information content (AvgIpc) is 2.85. The number of nitrogens with two attached hydrogens (primary N) is 1. The van der Waals surface area contributed by atoms with Crippen LogP contribution in [-0.4, -0.2) is 48.3 Å². The van der Waals surface area contributed by atoms with Gasteiger partial charge >= 0.3 is 0 Å². The summed E-state index contributed by atoms with van der Waals surface area (Å²) < 4.78 is 7.69. The van der Waals surface area contributed by atoms with E-state index in [4.69, 9.17) is 10.5 Å². The molecule has 6 nitrogen and oxygen atoms in total. The molecule has 2 unspecified atom stereocenters. The molecule has 1 heterocycles. The van der Waals surface area contributed by atoms with Crippen molar-refractivity contribution in [3.05, 3.63) is 83.0 Å². The SMILES string of the molecule is C=C/C(=C\C=C/C)C(C)Oc1ccn(C2=CC=C(NCCN(CC)CCC)C(C)(CN)C2)c(=O)c1. The summed E-state index contributed by atoms with van der Waals surface area (Å²) in [6.07, 6.45) is 15.1. The molecule has 6 heteroatoms. The first-order chi connectivity index (χ1) is 16.8. The summed E-state index contributed by atoms with van der Waals surface area (Å²) in [6, 6.07) is 3.37. The summed E-state index contributed by atoms with van der Waals surface area (Å²) in [5.74, 6) is 0.537. The molecule has 0 aromatic carbocycles. The molecule has 192 valence electrons. The van der Waals surface area contributed by atoms with Crippen molar-refractivity contribution < 1.29 is 4.74 Å². The van der Waals surface area contributed by atoms with Crippen molar-refractivity contribution in [1.29, 1.82) is 0 Å². The Morgan fingerprint density at radius 2 is 2.14 bits per heavy atom. The first-order valence-electron chi connectivity index (χ1n) is 12.7. The second-order valence-electron chi connectivity index (χ2n) is 9.27. The van der Waals surface area contributed by atoms with Gasteiger partial charge in [0, 0.05) is 55.1 Å². The Kier molecular flexibility index (Phi) is 11.3. The van der Waals surface area contributed by atoms with Crippen LogP contribution in [0, 0.1) is 5.41 Å². The number of aromatic nitrogens is 1. The Balaban J connectivity index is 2.17. The Labute approximate surface area is 211 Å².